The van der Waals surface area contributed by atoms with Crippen molar-refractivity contribution in [1.29, 1.82) is 0 Å². The minimum absolute atomic E-state index is 0.485. The molecular formula is C18H33N5S. The summed E-state index contributed by atoms with van der Waals surface area (Å²) in [6.07, 6.45) is 5.47. The molecule has 1 fully saturated rings. The number of aromatic nitrogens is 1. The van der Waals surface area contributed by atoms with E-state index >= 15 is 0 Å². The maximum absolute atomic E-state index is 4.68. The number of aliphatic imine (C=N–C) groups is 1. The van der Waals surface area contributed by atoms with Crippen molar-refractivity contribution in [2.75, 3.05) is 32.7 Å². The summed E-state index contributed by atoms with van der Waals surface area (Å²) < 4.78 is 0. The van der Waals surface area contributed by atoms with E-state index in [9.17, 15) is 0 Å². The lowest BCUT2D eigenvalue weighted by Crippen LogP contribution is -2.41. The van der Waals surface area contributed by atoms with Gasteiger partial charge >= 0.3 is 0 Å². The summed E-state index contributed by atoms with van der Waals surface area (Å²) in [6, 6.07) is 0. The highest BCUT2D eigenvalue weighted by atomic mass is 32.1. The summed E-state index contributed by atoms with van der Waals surface area (Å²) >= 11 is 1.70. The fraction of sp³-hybridized carbons (Fsp3) is 0.778. The van der Waals surface area contributed by atoms with Crippen LogP contribution in [-0.4, -0.2) is 48.6 Å². The Morgan fingerprint density at radius 3 is 2.62 bits per heavy atom. The van der Waals surface area contributed by atoms with Crippen LogP contribution in [0.5, 0.6) is 0 Å². The topological polar surface area (TPSA) is 52.6 Å². The highest BCUT2D eigenvalue weighted by Gasteiger charge is 2.09. The quantitative estimate of drug-likeness (QED) is 0.585. The summed E-state index contributed by atoms with van der Waals surface area (Å²) in [6.45, 7) is 12.5. The third kappa shape index (κ3) is 6.77. The lowest BCUT2D eigenvalue weighted by atomic mass is 10.2. The number of nitrogens with one attached hydrogen (secondary N) is 2. The first-order valence-electron chi connectivity index (χ1n) is 9.38. The van der Waals surface area contributed by atoms with Gasteiger partial charge in [0, 0.05) is 25.0 Å². The second-order valence-electron chi connectivity index (χ2n) is 6.70. The molecule has 0 aliphatic carbocycles. The van der Waals surface area contributed by atoms with Crippen LogP contribution in [0.3, 0.4) is 0 Å². The Balaban J connectivity index is 1.78. The van der Waals surface area contributed by atoms with Crippen molar-refractivity contribution < 1.29 is 0 Å². The van der Waals surface area contributed by atoms with Gasteiger partial charge < -0.3 is 15.5 Å². The van der Waals surface area contributed by atoms with Crippen molar-refractivity contribution >= 4 is 17.3 Å². The highest BCUT2D eigenvalue weighted by molar-refractivity contribution is 7.09. The van der Waals surface area contributed by atoms with Gasteiger partial charge in [0.15, 0.2) is 5.96 Å². The Morgan fingerprint density at radius 1 is 1.25 bits per heavy atom. The van der Waals surface area contributed by atoms with Crippen LogP contribution in [-0.2, 0) is 6.54 Å². The van der Waals surface area contributed by atoms with Crippen molar-refractivity contribution in [2.24, 2.45) is 4.99 Å². The number of rotatable bonds is 7. The third-order valence-electron chi connectivity index (χ3n) is 4.30. The number of nitrogens with zero attached hydrogens (tertiary/aromatic N) is 3. The summed E-state index contributed by atoms with van der Waals surface area (Å²) in [5.41, 5.74) is 1.17. The standard InChI is InChI=1S/C18H33N5S/c1-4-19-18(20-9-12-23-10-7-5-6-8-11-23)21-13-17-22-16(14-24-17)15(2)3/h14-15H,4-13H2,1-3H3,(H2,19,20,21). The maximum Gasteiger partial charge on any atom is 0.191 e. The second kappa shape index (κ2) is 10.7. The molecule has 1 aliphatic heterocycles. The molecule has 1 aromatic rings. The van der Waals surface area contributed by atoms with Gasteiger partial charge in [0.25, 0.3) is 0 Å². The van der Waals surface area contributed by atoms with Crippen LogP contribution in [0.25, 0.3) is 0 Å². The van der Waals surface area contributed by atoms with Crippen molar-refractivity contribution in [3.05, 3.63) is 16.1 Å². The molecule has 0 atom stereocenters. The van der Waals surface area contributed by atoms with Gasteiger partial charge in [0.2, 0.25) is 0 Å². The van der Waals surface area contributed by atoms with E-state index in [0.29, 0.717) is 12.5 Å². The molecule has 136 valence electrons. The van der Waals surface area contributed by atoms with Crippen molar-refractivity contribution in [2.45, 2.75) is 58.9 Å². The zero-order valence-electron chi connectivity index (χ0n) is 15.5. The lowest BCUT2D eigenvalue weighted by Gasteiger charge is -2.20. The van der Waals surface area contributed by atoms with Crippen LogP contribution in [0, 0.1) is 0 Å². The van der Waals surface area contributed by atoms with Crippen LogP contribution in [0.1, 0.15) is 63.1 Å². The minimum Gasteiger partial charge on any atom is -0.357 e. The van der Waals surface area contributed by atoms with Gasteiger partial charge in [-0.05, 0) is 38.8 Å². The zero-order valence-corrected chi connectivity index (χ0v) is 16.3. The van der Waals surface area contributed by atoms with E-state index in [1.165, 1.54) is 44.5 Å². The van der Waals surface area contributed by atoms with E-state index in [-0.39, 0.29) is 0 Å². The zero-order chi connectivity index (χ0) is 17.2. The molecule has 0 aromatic carbocycles. The van der Waals surface area contributed by atoms with Crippen molar-refractivity contribution in [3.63, 3.8) is 0 Å². The first-order chi connectivity index (χ1) is 11.7. The third-order valence-corrected chi connectivity index (χ3v) is 5.15. The van der Waals surface area contributed by atoms with E-state index in [0.717, 1.165) is 30.6 Å². The van der Waals surface area contributed by atoms with Crippen LogP contribution < -0.4 is 10.6 Å². The monoisotopic (exact) mass is 351 g/mol. The molecule has 5 nitrogen and oxygen atoms in total. The normalized spacial score (nSPS) is 17.1. The molecular weight excluding hydrogens is 318 g/mol. The Morgan fingerprint density at radius 2 is 2.00 bits per heavy atom. The molecule has 2 N–H and O–H groups in total. The van der Waals surface area contributed by atoms with Gasteiger partial charge in [0.05, 0.1) is 12.2 Å². The molecule has 2 heterocycles. The average Bonchev–Trinajstić information content (AvgIpc) is 2.90. The molecule has 2 rings (SSSR count). The Labute approximate surface area is 151 Å². The lowest BCUT2D eigenvalue weighted by molar-refractivity contribution is 0.289. The number of likely N-dealkylation sites (tertiary alicyclic amines) is 1. The van der Waals surface area contributed by atoms with Gasteiger partial charge in [-0.2, -0.15) is 0 Å². The second-order valence-corrected chi connectivity index (χ2v) is 7.64. The molecule has 1 saturated heterocycles. The number of hydrogen-bond donors (Lipinski definition) is 2. The molecule has 0 bridgehead atoms. The molecule has 0 radical (unpaired) electrons. The van der Waals surface area contributed by atoms with Crippen LogP contribution >= 0.6 is 11.3 Å². The Kier molecular flexibility index (Phi) is 8.53. The summed E-state index contributed by atoms with van der Waals surface area (Å²) in [4.78, 5) is 11.9. The Bertz CT molecular complexity index is 489. The summed E-state index contributed by atoms with van der Waals surface area (Å²) in [7, 11) is 0. The van der Waals surface area contributed by atoms with Gasteiger partial charge in [0.1, 0.15) is 5.01 Å². The summed E-state index contributed by atoms with van der Waals surface area (Å²) in [5, 5.41) is 10.0. The molecule has 6 heteroatoms. The predicted molar refractivity (Wildman–Crippen MR) is 104 cm³/mol. The van der Waals surface area contributed by atoms with Crippen LogP contribution in [0.15, 0.2) is 10.4 Å². The van der Waals surface area contributed by atoms with Crippen molar-refractivity contribution in [1.82, 2.24) is 20.5 Å². The molecule has 0 amide bonds. The van der Waals surface area contributed by atoms with Crippen LogP contribution in [0.4, 0.5) is 0 Å². The fourth-order valence-corrected chi connectivity index (χ4v) is 3.72. The van der Waals surface area contributed by atoms with Crippen LogP contribution in [0.2, 0.25) is 0 Å². The smallest absolute Gasteiger partial charge is 0.191 e. The number of hydrogen-bond acceptors (Lipinski definition) is 4. The minimum atomic E-state index is 0.485. The molecule has 0 spiro atoms. The highest BCUT2D eigenvalue weighted by Crippen LogP contribution is 2.18. The largest absolute Gasteiger partial charge is 0.357 e. The Hall–Kier alpha value is -1.14. The van der Waals surface area contributed by atoms with Gasteiger partial charge in [-0.1, -0.05) is 26.7 Å². The average molecular weight is 352 g/mol. The molecule has 24 heavy (non-hydrogen) atoms. The van der Waals surface area contributed by atoms with Gasteiger partial charge in [-0.25, -0.2) is 9.98 Å². The first kappa shape index (κ1) is 19.2. The number of guanidine groups is 1. The first-order valence-corrected chi connectivity index (χ1v) is 10.3. The van der Waals surface area contributed by atoms with E-state index in [1.54, 1.807) is 11.3 Å². The molecule has 0 unspecified atom stereocenters. The number of thiazole rings is 1. The summed E-state index contributed by atoms with van der Waals surface area (Å²) in [5.74, 6) is 1.38. The SMILES string of the molecule is CCNC(=NCc1nc(C(C)C)cs1)NCCN1CCCCCC1. The van der Waals surface area contributed by atoms with E-state index in [1.807, 2.05) is 0 Å². The molecule has 0 saturated carbocycles. The van der Waals surface area contributed by atoms with E-state index in [4.69, 9.17) is 0 Å². The van der Waals surface area contributed by atoms with Gasteiger partial charge in [-0.15, -0.1) is 11.3 Å². The van der Waals surface area contributed by atoms with E-state index < -0.39 is 0 Å². The fourth-order valence-electron chi connectivity index (χ4n) is 2.84. The van der Waals surface area contributed by atoms with Gasteiger partial charge in [-0.3, -0.25) is 0 Å². The molecule has 1 aromatic heterocycles. The molecule has 1 aliphatic rings. The van der Waals surface area contributed by atoms with Crippen molar-refractivity contribution in [3.8, 4) is 0 Å². The predicted octanol–water partition coefficient (Wildman–Crippen LogP) is 3.20. The maximum atomic E-state index is 4.68. The van der Waals surface area contributed by atoms with E-state index in [2.05, 4.69) is 51.7 Å².